The number of nitrogens with zero attached hydrogens (tertiary/aromatic N) is 3. The largest absolute Gasteiger partial charge is 0.460 e. The molecule has 1 saturated heterocycles. The molecule has 0 unspecified atom stereocenters. The second kappa shape index (κ2) is 11.2. The summed E-state index contributed by atoms with van der Waals surface area (Å²) in [5, 5.41) is 3.17. The molecule has 3 aliphatic rings. The van der Waals surface area contributed by atoms with Crippen LogP contribution in [0.5, 0.6) is 5.19 Å². The van der Waals surface area contributed by atoms with E-state index in [0.29, 0.717) is 30.7 Å². The van der Waals surface area contributed by atoms with E-state index in [4.69, 9.17) is 9.47 Å². The van der Waals surface area contributed by atoms with Crippen LogP contribution in [0.25, 0.3) is 0 Å². The predicted octanol–water partition coefficient (Wildman–Crippen LogP) is 3.44. The summed E-state index contributed by atoms with van der Waals surface area (Å²) >= 11 is 1.21. The Morgan fingerprint density at radius 2 is 2.08 bits per heavy atom. The number of ether oxygens (including phenoxy) is 2. The van der Waals surface area contributed by atoms with Crippen molar-refractivity contribution in [3.8, 4) is 5.19 Å². The summed E-state index contributed by atoms with van der Waals surface area (Å²) < 4.78 is 48.1. The highest BCUT2D eigenvalue weighted by Gasteiger charge is 2.31. The molecule has 1 N–H and O–H groups in total. The molecule has 0 bridgehead atoms. The topological polar surface area (TPSA) is 84.0 Å². The third-order valence-electron chi connectivity index (χ3n) is 7.30. The van der Waals surface area contributed by atoms with E-state index in [1.807, 2.05) is 0 Å². The van der Waals surface area contributed by atoms with Crippen LogP contribution < -0.4 is 10.1 Å². The Hall–Kier alpha value is -2.70. The van der Waals surface area contributed by atoms with Crippen LogP contribution in [0.4, 0.5) is 13.2 Å². The Labute approximate surface area is 223 Å². The highest BCUT2D eigenvalue weighted by Crippen LogP contribution is 2.30. The van der Waals surface area contributed by atoms with Crippen LogP contribution in [0.15, 0.2) is 18.2 Å². The van der Waals surface area contributed by atoms with Gasteiger partial charge in [-0.15, -0.1) is 0 Å². The molecule has 8 nitrogen and oxygen atoms in total. The van der Waals surface area contributed by atoms with Crippen LogP contribution in [0, 0.1) is 0 Å². The Kier molecular flexibility index (Phi) is 7.92. The van der Waals surface area contributed by atoms with Crippen molar-refractivity contribution < 1.29 is 32.2 Å². The van der Waals surface area contributed by atoms with Crippen molar-refractivity contribution in [1.29, 1.82) is 0 Å². The summed E-state index contributed by atoms with van der Waals surface area (Å²) in [4.78, 5) is 34.4. The maximum atomic E-state index is 12.9. The van der Waals surface area contributed by atoms with Crippen molar-refractivity contribution in [1.82, 2.24) is 20.1 Å². The minimum absolute atomic E-state index is 0.0607. The number of hydrogen-bond donors (Lipinski definition) is 1. The molecule has 0 radical (unpaired) electrons. The normalized spacial score (nSPS) is 22.1. The Morgan fingerprint density at radius 3 is 2.84 bits per heavy atom. The zero-order valence-electron chi connectivity index (χ0n) is 21.2. The van der Waals surface area contributed by atoms with Crippen molar-refractivity contribution in [2.45, 2.75) is 57.0 Å². The molecule has 0 spiro atoms. The highest BCUT2D eigenvalue weighted by atomic mass is 32.1. The van der Waals surface area contributed by atoms with Gasteiger partial charge in [-0.2, -0.15) is 13.2 Å². The molecule has 2 aromatic rings. The molecule has 2 atom stereocenters. The van der Waals surface area contributed by atoms with E-state index < -0.39 is 12.8 Å². The van der Waals surface area contributed by atoms with Gasteiger partial charge in [0.1, 0.15) is 0 Å². The van der Waals surface area contributed by atoms with Gasteiger partial charge in [0.15, 0.2) is 6.61 Å². The van der Waals surface area contributed by atoms with Crippen molar-refractivity contribution in [2.24, 2.45) is 0 Å². The third-order valence-corrected chi connectivity index (χ3v) is 8.37. The van der Waals surface area contributed by atoms with Crippen LogP contribution in [0.3, 0.4) is 0 Å². The van der Waals surface area contributed by atoms with Gasteiger partial charge in [-0.3, -0.25) is 9.59 Å². The molecule has 5 rings (SSSR count). The first-order chi connectivity index (χ1) is 18.2. The average Bonchev–Trinajstić information content (AvgIpc) is 3.35. The van der Waals surface area contributed by atoms with Gasteiger partial charge in [-0.25, -0.2) is 4.98 Å². The van der Waals surface area contributed by atoms with Crippen LogP contribution in [0.1, 0.15) is 56.1 Å². The quantitative estimate of drug-likeness (QED) is 0.567. The van der Waals surface area contributed by atoms with E-state index in [0.717, 1.165) is 61.5 Å². The molecule has 38 heavy (non-hydrogen) atoms. The number of amides is 2. The molecule has 1 fully saturated rings. The lowest BCUT2D eigenvalue weighted by Crippen LogP contribution is -2.43. The molecular weight excluding hydrogens is 521 g/mol. The summed E-state index contributed by atoms with van der Waals surface area (Å²) in [6.07, 6.45) is -0.268. The third kappa shape index (κ3) is 6.29. The van der Waals surface area contributed by atoms with Gasteiger partial charge in [0.25, 0.3) is 17.0 Å². The van der Waals surface area contributed by atoms with E-state index in [1.54, 1.807) is 30.1 Å². The second-order valence-electron chi connectivity index (χ2n) is 10.1. The molecule has 0 aliphatic carbocycles. The Bertz CT molecular complexity index is 1150. The summed E-state index contributed by atoms with van der Waals surface area (Å²) in [5.41, 5.74) is 2.75. The van der Waals surface area contributed by atoms with E-state index in [1.165, 1.54) is 11.3 Å². The van der Waals surface area contributed by atoms with Crippen molar-refractivity contribution in [2.75, 3.05) is 39.9 Å². The fourth-order valence-corrected chi connectivity index (χ4v) is 6.18. The first-order valence-corrected chi connectivity index (χ1v) is 13.7. The smallest absolute Gasteiger partial charge is 0.422 e. The molecule has 3 aliphatic heterocycles. The lowest BCUT2D eigenvalue weighted by Gasteiger charge is -2.31. The van der Waals surface area contributed by atoms with Crippen LogP contribution >= 0.6 is 11.3 Å². The van der Waals surface area contributed by atoms with Gasteiger partial charge in [0.2, 0.25) is 0 Å². The van der Waals surface area contributed by atoms with Crippen molar-refractivity contribution >= 4 is 23.2 Å². The van der Waals surface area contributed by atoms with Crippen LogP contribution in [0.2, 0.25) is 0 Å². The monoisotopic (exact) mass is 552 g/mol. The van der Waals surface area contributed by atoms with Gasteiger partial charge in [0, 0.05) is 55.7 Å². The van der Waals surface area contributed by atoms with Crippen molar-refractivity contribution in [3.05, 3.63) is 45.5 Å². The number of hydrogen-bond acceptors (Lipinski definition) is 7. The van der Waals surface area contributed by atoms with Gasteiger partial charge in [-0.05, 0) is 43.4 Å². The fourth-order valence-electron chi connectivity index (χ4n) is 5.24. The van der Waals surface area contributed by atoms with Gasteiger partial charge < -0.3 is 24.6 Å². The van der Waals surface area contributed by atoms with Gasteiger partial charge >= 0.3 is 6.18 Å². The van der Waals surface area contributed by atoms with Gasteiger partial charge in [0.05, 0.1) is 24.4 Å². The number of fused-ring (bicyclic) bond motifs is 2. The predicted molar refractivity (Wildman–Crippen MR) is 135 cm³/mol. The minimum Gasteiger partial charge on any atom is -0.460 e. The second-order valence-corrected chi connectivity index (χ2v) is 11.1. The summed E-state index contributed by atoms with van der Waals surface area (Å²) in [5.74, 6) is -0.232. The number of rotatable bonds is 7. The number of benzene rings is 1. The molecule has 0 saturated carbocycles. The van der Waals surface area contributed by atoms with Crippen LogP contribution in [-0.2, 0) is 24.1 Å². The highest BCUT2D eigenvalue weighted by molar-refractivity contribution is 7.13. The van der Waals surface area contributed by atoms with Gasteiger partial charge in [-0.1, -0.05) is 17.4 Å². The maximum Gasteiger partial charge on any atom is 0.422 e. The van der Waals surface area contributed by atoms with Crippen LogP contribution in [-0.4, -0.2) is 84.8 Å². The van der Waals surface area contributed by atoms with Crippen molar-refractivity contribution in [3.63, 3.8) is 0 Å². The average molecular weight is 553 g/mol. The number of alkyl halides is 3. The molecule has 2 amide bonds. The number of carbonyl (C=O) groups excluding carboxylic acids is 2. The first-order valence-electron chi connectivity index (χ1n) is 12.9. The Morgan fingerprint density at radius 1 is 1.26 bits per heavy atom. The standard InChI is InChI=1S/C26H31F3N4O4S/c1-32-13-20-18(3-2-4-19(20)24(32)35)23(34)30-16-5-6-17(36-14-16)7-10-33-11-8-21-22(9-12-33)38-25(31-21)37-15-26(27,28)29/h2-4,16-17H,5-15H2,1H3,(H,30,34)/t16-,17+/m0/s1. The number of halogens is 3. The number of nitrogens with one attached hydrogen (secondary N) is 1. The Balaban J connectivity index is 1.04. The first kappa shape index (κ1) is 26.9. The molecule has 4 heterocycles. The minimum atomic E-state index is -4.37. The SMILES string of the molecule is CN1Cc2c(C(=O)N[C@H]3CC[C@H](CCN4CCc5nc(OCC(F)(F)F)sc5CC4)OC3)cccc2C1=O. The lowest BCUT2D eigenvalue weighted by molar-refractivity contribution is -0.153. The maximum absolute atomic E-state index is 12.9. The van der Waals surface area contributed by atoms with E-state index in [9.17, 15) is 22.8 Å². The fraction of sp³-hybridized carbons (Fsp3) is 0.577. The summed E-state index contributed by atoms with van der Waals surface area (Å²) in [6, 6.07) is 5.20. The lowest BCUT2D eigenvalue weighted by atomic mass is 10.00. The number of thiazole rings is 1. The number of carbonyl (C=O) groups is 2. The molecule has 12 heteroatoms. The van der Waals surface area contributed by atoms with E-state index in [-0.39, 0.29) is 29.2 Å². The number of aromatic nitrogens is 1. The summed E-state index contributed by atoms with van der Waals surface area (Å²) in [7, 11) is 1.73. The van der Waals surface area contributed by atoms with E-state index >= 15 is 0 Å². The summed E-state index contributed by atoms with van der Waals surface area (Å²) in [6.45, 7) is 2.05. The molecule has 206 valence electrons. The zero-order valence-corrected chi connectivity index (χ0v) is 22.0. The van der Waals surface area contributed by atoms with E-state index in [2.05, 4.69) is 15.2 Å². The molecular formula is C26H31F3N4O4S. The molecule has 1 aromatic heterocycles. The molecule has 1 aromatic carbocycles. The zero-order chi connectivity index (χ0) is 26.9.